The zero-order valence-electron chi connectivity index (χ0n) is 15.0. The van der Waals surface area contributed by atoms with Gasteiger partial charge in [-0.1, -0.05) is 74.5 Å². The van der Waals surface area contributed by atoms with Gasteiger partial charge in [0.1, 0.15) is 16.7 Å². The van der Waals surface area contributed by atoms with Gasteiger partial charge in [-0.2, -0.15) is 0 Å². The van der Waals surface area contributed by atoms with Crippen LogP contribution in [0.2, 0.25) is 0 Å². The quantitative estimate of drug-likeness (QED) is 0.668. The third-order valence-electron chi connectivity index (χ3n) is 4.12. The summed E-state index contributed by atoms with van der Waals surface area (Å²) in [7, 11) is 0. The summed E-state index contributed by atoms with van der Waals surface area (Å²) >= 11 is 1.42. The number of carbonyl (C=O) groups is 2. The van der Waals surface area contributed by atoms with E-state index < -0.39 is 17.9 Å². The highest BCUT2D eigenvalue weighted by Crippen LogP contribution is 2.35. The van der Waals surface area contributed by atoms with Gasteiger partial charge < -0.3 is 10.4 Å². The highest BCUT2D eigenvalue weighted by molar-refractivity contribution is 7.18. The minimum absolute atomic E-state index is 0.237. The lowest BCUT2D eigenvalue weighted by atomic mass is 10.0. The molecule has 0 spiro atoms. The lowest BCUT2D eigenvalue weighted by Crippen LogP contribution is -2.44. The molecule has 6 heteroatoms. The van der Waals surface area contributed by atoms with Gasteiger partial charge in [0.05, 0.1) is 4.88 Å². The Morgan fingerprint density at radius 2 is 1.52 bits per heavy atom. The molecule has 1 aromatic heterocycles. The molecule has 27 heavy (non-hydrogen) atoms. The van der Waals surface area contributed by atoms with Crippen LogP contribution in [0.1, 0.15) is 24.3 Å². The molecule has 3 aromatic rings. The molecule has 2 aromatic carbocycles. The van der Waals surface area contributed by atoms with Crippen LogP contribution >= 0.6 is 11.3 Å². The zero-order valence-corrected chi connectivity index (χ0v) is 15.9. The first-order chi connectivity index (χ1) is 13.0. The van der Waals surface area contributed by atoms with Crippen LogP contribution in [-0.2, 0) is 4.79 Å². The highest BCUT2D eigenvalue weighted by Gasteiger charge is 2.27. The number of nitrogens with zero attached hydrogens (tertiary/aromatic N) is 1. The second kappa shape index (κ2) is 8.14. The maximum absolute atomic E-state index is 12.9. The Bertz CT molecular complexity index is 937. The standard InChI is InChI=1S/C21H20N2O3S/c1-13(2)16(21(25)26)22-19(24)17-18(14-9-5-3-6-10-14)27-20(23-17)15-11-7-4-8-12-15/h3-13,16H,1-2H3,(H,22,24)(H,25,26)/t16-/m0/s1. The van der Waals surface area contributed by atoms with Gasteiger partial charge in [-0.05, 0) is 11.5 Å². The summed E-state index contributed by atoms with van der Waals surface area (Å²) in [6.45, 7) is 3.52. The van der Waals surface area contributed by atoms with E-state index in [1.54, 1.807) is 13.8 Å². The fourth-order valence-corrected chi connectivity index (χ4v) is 3.76. The fourth-order valence-electron chi connectivity index (χ4n) is 2.69. The molecule has 5 nitrogen and oxygen atoms in total. The maximum Gasteiger partial charge on any atom is 0.326 e. The van der Waals surface area contributed by atoms with Crippen LogP contribution in [0.5, 0.6) is 0 Å². The number of amides is 1. The van der Waals surface area contributed by atoms with Gasteiger partial charge in [-0.3, -0.25) is 4.79 Å². The molecule has 1 amide bonds. The smallest absolute Gasteiger partial charge is 0.326 e. The summed E-state index contributed by atoms with van der Waals surface area (Å²) in [6, 6.07) is 18.2. The van der Waals surface area contributed by atoms with E-state index in [1.807, 2.05) is 60.7 Å². The molecule has 0 radical (unpaired) electrons. The first kappa shape index (κ1) is 18.8. The molecular formula is C21H20N2O3S. The van der Waals surface area contributed by atoms with Gasteiger partial charge >= 0.3 is 5.97 Å². The van der Waals surface area contributed by atoms with Gasteiger partial charge in [-0.25, -0.2) is 9.78 Å². The monoisotopic (exact) mass is 380 g/mol. The van der Waals surface area contributed by atoms with Gasteiger partial charge in [0.2, 0.25) is 0 Å². The van der Waals surface area contributed by atoms with Gasteiger partial charge in [-0.15, -0.1) is 11.3 Å². The summed E-state index contributed by atoms with van der Waals surface area (Å²) < 4.78 is 0. The number of hydrogen-bond acceptors (Lipinski definition) is 4. The number of rotatable bonds is 6. The summed E-state index contributed by atoms with van der Waals surface area (Å²) in [6.07, 6.45) is 0. The van der Waals surface area contributed by atoms with Crippen LogP contribution in [0.3, 0.4) is 0 Å². The summed E-state index contributed by atoms with van der Waals surface area (Å²) in [5.41, 5.74) is 2.04. The molecule has 1 atom stereocenters. The lowest BCUT2D eigenvalue weighted by molar-refractivity contribution is -0.140. The van der Waals surface area contributed by atoms with Gasteiger partial charge in [0, 0.05) is 5.56 Å². The van der Waals surface area contributed by atoms with Crippen molar-refractivity contribution in [3.8, 4) is 21.0 Å². The third kappa shape index (κ3) is 4.23. The molecule has 0 bridgehead atoms. The number of aromatic nitrogens is 1. The van der Waals surface area contributed by atoms with Crippen LogP contribution in [0, 0.1) is 5.92 Å². The molecule has 3 rings (SSSR count). The first-order valence-corrected chi connectivity index (χ1v) is 9.44. The normalized spacial score (nSPS) is 12.0. The van der Waals surface area contributed by atoms with Crippen molar-refractivity contribution in [2.45, 2.75) is 19.9 Å². The lowest BCUT2D eigenvalue weighted by Gasteiger charge is -2.17. The molecule has 1 heterocycles. The van der Waals surface area contributed by atoms with E-state index in [0.29, 0.717) is 0 Å². The van der Waals surface area contributed by atoms with E-state index in [9.17, 15) is 14.7 Å². The number of aliphatic carboxylic acids is 1. The average molecular weight is 380 g/mol. The van der Waals surface area contributed by atoms with E-state index in [4.69, 9.17) is 0 Å². The van der Waals surface area contributed by atoms with Crippen molar-refractivity contribution in [3.63, 3.8) is 0 Å². The topological polar surface area (TPSA) is 79.3 Å². The molecule has 0 unspecified atom stereocenters. The summed E-state index contributed by atoms with van der Waals surface area (Å²) in [4.78, 5) is 29.6. The Morgan fingerprint density at radius 1 is 0.963 bits per heavy atom. The number of nitrogens with one attached hydrogen (secondary N) is 1. The Hall–Kier alpha value is -2.99. The molecule has 0 saturated heterocycles. The van der Waals surface area contributed by atoms with Crippen molar-refractivity contribution in [1.82, 2.24) is 10.3 Å². The number of carbonyl (C=O) groups excluding carboxylic acids is 1. The van der Waals surface area contributed by atoms with Crippen molar-refractivity contribution < 1.29 is 14.7 Å². The molecular weight excluding hydrogens is 360 g/mol. The Kier molecular flexibility index (Phi) is 5.66. The second-order valence-corrected chi connectivity index (χ2v) is 7.46. The number of thiazole rings is 1. The van der Waals surface area contributed by atoms with E-state index in [2.05, 4.69) is 10.3 Å². The van der Waals surface area contributed by atoms with Crippen molar-refractivity contribution >= 4 is 23.2 Å². The van der Waals surface area contributed by atoms with E-state index in [1.165, 1.54) is 11.3 Å². The molecule has 138 valence electrons. The second-order valence-electron chi connectivity index (χ2n) is 6.46. The van der Waals surface area contributed by atoms with Crippen LogP contribution in [0.15, 0.2) is 60.7 Å². The average Bonchev–Trinajstić information content (AvgIpc) is 3.12. The van der Waals surface area contributed by atoms with Crippen LogP contribution in [0.4, 0.5) is 0 Å². The number of carboxylic acids is 1. The molecule has 0 aliphatic heterocycles. The van der Waals surface area contributed by atoms with Crippen molar-refractivity contribution in [2.75, 3.05) is 0 Å². The Labute approximate surface area is 161 Å². The Balaban J connectivity index is 2.03. The number of benzene rings is 2. The molecule has 0 aliphatic carbocycles. The number of hydrogen-bond donors (Lipinski definition) is 2. The Morgan fingerprint density at radius 3 is 2.04 bits per heavy atom. The minimum atomic E-state index is -1.06. The maximum atomic E-state index is 12.9. The summed E-state index contributed by atoms with van der Waals surface area (Å²) in [5.74, 6) is -1.77. The fraction of sp³-hybridized carbons (Fsp3) is 0.190. The van der Waals surface area contributed by atoms with Crippen molar-refractivity contribution in [2.24, 2.45) is 5.92 Å². The van der Waals surface area contributed by atoms with E-state index in [-0.39, 0.29) is 11.6 Å². The SMILES string of the molecule is CC(C)[C@H](NC(=O)c1nc(-c2ccccc2)sc1-c1ccccc1)C(=O)O. The molecule has 0 aliphatic rings. The van der Waals surface area contributed by atoms with Crippen molar-refractivity contribution in [3.05, 3.63) is 66.4 Å². The predicted octanol–water partition coefficient (Wildman–Crippen LogP) is 4.32. The van der Waals surface area contributed by atoms with Crippen LogP contribution in [0.25, 0.3) is 21.0 Å². The predicted molar refractivity (Wildman–Crippen MR) is 107 cm³/mol. The van der Waals surface area contributed by atoms with Crippen LogP contribution < -0.4 is 5.32 Å². The minimum Gasteiger partial charge on any atom is -0.480 e. The highest BCUT2D eigenvalue weighted by atomic mass is 32.1. The molecule has 0 saturated carbocycles. The summed E-state index contributed by atoms with van der Waals surface area (Å²) in [5, 5.41) is 12.7. The van der Waals surface area contributed by atoms with E-state index >= 15 is 0 Å². The molecule has 0 fully saturated rings. The number of carboxylic acid groups (broad SMARTS) is 1. The zero-order chi connectivity index (χ0) is 19.4. The van der Waals surface area contributed by atoms with Gasteiger partial charge in [0.15, 0.2) is 0 Å². The first-order valence-electron chi connectivity index (χ1n) is 8.62. The van der Waals surface area contributed by atoms with E-state index in [0.717, 1.165) is 21.0 Å². The van der Waals surface area contributed by atoms with Crippen molar-refractivity contribution in [1.29, 1.82) is 0 Å². The van der Waals surface area contributed by atoms with Crippen LogP contribution in [-0.4, -0.2) is 28.0 Å². The third-order valence-corrected chi connectivity index (χ3v) is 5.27. The molecule has 2 N–H and O–H groups in total. The largest absolute Gasteiger partial charge is 0.480 e. The van der Waals surface area contributed by atoms with Gasteiger partial charge in [0.25, 0.3) is 5.91 Å².